The van der Waals surface area contributed by atoms with Gasteiger partial charge in [-0.2, -0.15) is 5.10 Å². The Balaban J connectivity index is 1.54. The number of hydrogen-bond acceptors (Lipinski definition) is 5. The highest BCUT2D eigenvalue weighted by atomic mass is 35.5. The number of ether oxygens (including phenoxy) is 1. The number of nitrogens with zero attached hydrogens (tertiary/aromatic N) is 1. The molecule has 3 aromatic rings. The van der Waals surface area contributed by atoms with Crippen LogP contribution in [0.3, 0.4) is 0 Å². The number of para-hydroxylation sites is 1. The molecular weight excluding hydrogens is 453 g/mol. The van der Waals surface area contributed by atoms with Crippen molar-refractivity contribution in [2.75, 3.05) is 6.54 Å². The summed E-state index contributed by atoms with van der Waals surface area (Å²) >= 11 is 11.6. The summed E-state index contributed by atoms with van der Waals surface area (Å²) in [7, 11) is 0. The number of hydrogen-bond donors (Lipinski definition) is 2. The molecule has 0 aliphatic rings. The van der Waals surface area contributed by atoms with Gasteiger partial charge in [-0.15, -0.1) is 0 Å². The van der Waals surface area contributed by atoms with Crippen molar-refractivity contribution in [2.24, 2.45) is 5.10 Å². The molecule has 162 valence electrons. The van der Waals surface area contributed by atoms with Gasteiger partial charge in [-0.25, -0.2) is 10.2 Å². The van der Waals surface area contributed by atoms with Gasteiger partial charge in [0.2, 0.25) is 0 Å². The van der Waals surface area contributed by atoms with Crippen LogP contribution < -0.4 is 15.5 Å². The van der Waals surface area contributed by atoms with Gasteiger partial charge >= 0.3 is 5.97 Å². The van der Waals surface area contributed by atoms with Crippen molar-refractivity contribution in [3.8, 4) is 5.75 Å². The number of carbonyl (C=O) groups is 3. The molecule has 0 saturated heterocycles. The molecule has 0 heterocycles. The Morgan fingerprint density at radius 1 is 0.844 bits per heavy atom. The summed E-state index contributed by atoms with van der Waals surface area (Å²) in [4.78, 5) is 36.3. The molecule has 0 aliphatic carbocycles. The Morgan fingerprint density at radius 2 is 1.44 bits per heavy atom. The van der Waals surface area contributed by atoms with Crippen LogP contribution in [-0.2, 0) is 4.79 Å². The lowest BCUT2D eigenvalue weighted by Crippen LogP contribution is -2.34. The second-order valence-electron chi connectivity index (χ2n) is 6.42. The maximum absolute atomic E-state index is 12.3. The minimum atomic E-state index is -0.559. The summed E-state index contributed by atoms with van der Waals surface area (Å²) in [5, 5.41) is 7.35. The minimum absolute atomic E-state index is 0.265. The molecule has 3 rings (SSSR count). The number of benzene rings is 3. The van der Waals surface area contributed by atoms with E-state index in [1.54, 1.807) is 72.8 Å². The summed E-state index contributed by atoms with van der Waals surface area (Å²) in [6.07, 6.45) is 1.34. The van der Waals surface area contributed by atoms with Crippen LogP contribution in [0, 0.1) is 0 Å². The van der Waals surface area contributed by atoms with Crippen LogP contribution in [-0.4, -0.2) is 30.5 Å². The Bertz CT molecular complexity index is 1150. The Morgan fingerprint density at radius 3 is 2.09 bits per heavy atom. The molecule has 0 radical (unpaired) electrons. The molecule has 0 saturated carbocycles. The second kappa shape index (κ2) is 11.1. The van der Waals surface area contributed by atoms with E-state index in [9.17, 15) is 14.4 Å². The molecule has 3 aromatic carbocycles. The van der Waals surface area contributed by atoms with Crippen molar-refractivity contribution in [2.45, 2.75) is 0 Å². The van der Waals surface area contributed by atoms with E-state index in [1.807, 2.05) is 0 Å². The number of hydrazone groups is 1. The van der Waals surface area contributed by atoms with Gasteiger partial charge in [-0.1, -0.05) is 35.3 Å². The normalized spacial score (nSPS) is 10.6. The average molecular weight is 470 g/mol. The first-order chi connectivity index (χ1) is 15.4. The van der Waals surface area contributed by atoms with Crippen LogP contribution in [0.4, 0.5) is 0 Å². The van der Waals surface area contributed by atoms with E-state index in [1.165, 1.54) is 6.21 Å². The highest BCUT2D eigenvalue weighted by molar-refractivity contribution is 6.31. The number of halogens is 2. The molecular formula is C23H17Cl2N3O4. The van der Waals surface area contributed by atoms with E-state index in [4.69, 9.17) is 27.9 Å². The maximum Gasteiger partial charge on any atom is 0.343 e. The van der Waals surface area contributed by atoms with Crippen LogP contribution >= 0.6 is 23.2 Å². The second-order valence-corrected chi connectivity index (χ2v) is 7.29. The smallest absolute Gasteiger partial charge is 0.343 e. The molecule has 0 aromatic heterocycles. The first-order valence-electron chi connectivity index (χ1n) is 9.35. The van der Waals surface area contributed by atoms with Gasteiger partial charge in [0.15, 0.2) is 0 Å². The van der Waals surface area contributed by atoms with Crippen LogP contribution in [0.1, 0.15) is 26.3 Å². The van der Waals surface area contributed by atoms with Crippen molar-refractivity contribution in [3.63, 3.8) is 0 Å². The first-order valence-corrected chi connectivity index (χ1v) is 10.1. The molecule has 2 N–H and O–H groups in total. The zero-order valence-corrected chi connectivity index (χ0v) is 18.1. The van der Waals surface area contributed by atoms with Crippen LogP contribution in [0.15, 0.2) is 77.9 Å². The van der Waals surface area contributed by atoms with E-state index >= 15 is 0 Å². The number of carbonyl (C=O) groups excluding carboxylic acids is 3. The summed E-state index contributed by atoms with van der Waals surface area (Å²) in [6, 6.07) is 19.3. The number of nitrogens with one attached hydrogen (secondary N) is 2. The minimum Gasteiger partial charge on any atom is -0.422 e. The lowest BCUT2D eigenvalue weighted by molar-refractivity contribution is -0.120. The monoisotopic (exact) mass is 469 g/mol. The van der Waals surface area contributed by atoms with E-state index in [-0.39, 0.29) is 12.3 Å². The van der Waals surface area contributed by atoms with Gasteiger partial charge in [-0.05, 0) is 60.7 Å². The molecule has 0 unspecified atom stereocenters. The molecule has 2 amide bonds. The highest BCUT2D eigenvalue weighted by Crippen LogP contribution is 2.18. The van der Waals surface area contributed by atoms with Crippen molar-refractivity contribution < 1.29 is 19.1 Å². The Labute approximate surface area is 194 Å². The Hall–Kier alpha value is -3.68. The zero-order chi connectivity index (χ0) is 22.9. The van der Waals surface area contributed by atoms with Crippen LogP contribution in [0.25, 0.3) is 0 Å². The van der Waals surface area contributed by atoms with Crippen molar-refractivity contribution >= 4 is 47.2 Å². The lowest BCUT2D eigenvalue weighted by Gasteiger charge is -2.07. The number of rotatable bonds is 7. The largest absolute Gasteiger partial charge is 0.422 e. The molecule has 9 heteroatoms. The molecule has 0 aliphatic heterocycles. The zero-order valence-electron chi connectivity index (χ0n) is 16.5. The van der Waals surface area contributed by atoms with Gasteiger partial charge in [-0.3, -0.25) is 9.59 Å². The fourth-order valence-electron chi connectivity index (χ4n) is 2.50. The Kier molecular flexibility index (Phi) is 7.96. The highest BCUT2D eigenvalue weighted by Gasteiger charge is 2.11. The summed E-state index contributed by atoms with van der Waals surface area (Å²) in [5.74, 6) is -1.24. The van der Waals surface area contributed by atoms with Gasteiger partial charge in [0.1, 0.15) is 5.75 Å². The van der Waals surface area contributed by atoms with E-state index in [0.717, 1.165) is 0 Å². The number of esters is 1. The molecule has 0 bridgehead atoms. The third-order valence-electron chi connectivity index (χ3n) is 4.11. The average Bonchev–Trinajstić information content (AvgIpc) is 2.79. The van der Waals surface area contributed by atoms with Gasteiger partial charge < -0.3 is 10.1 Å². The quantitative estimate of drug-likeness (QED) is 0.235. The van der Waals surface area contributed by atoms with Crippen molar-refractivity contribution in [1.82, 2.24) is 10.7 Å². The fourth-order valence-corrected chi connectivity index (χ4v) is 2.75. The van der Waals surface area contributed by atoms with E-state index in [0.29, 0.717) is 26.7 Å². The van der Waals surface area contributed by atoms with Gasteiger partial charge in [0, 0.05) is 21.2 Å². The van der Waals surface area contributed by atoms with Gasteiger partial charge in [0.05, 0.1) is 18.3 Å². The summed E-state index contributed by atoms with van der Waals surface area (Å²) in [5.41, 5.74) is 3.49. The summed E-state index contributed by atoms with van der Waals surface area (Å²) in [6.45, 7) is -0.272. The molecule has 0 atom stereocenters. The standard InChI is InChI=1S/C23H17Cl2N3O4/c24-18-9-5-15(6-10-18)22(30)26-14-21(29)28-27-13-17-3-1-2-4-20(17)32-23(31)16-7-11-19(25)12-8-16/h1-13H,14H2,(H,26,30)(H,28,29)/b27-13-. The van der Waals surface area contributed by atoms with E-state index in [2.05, 4.69) is 15.8 Å². The van der Waals surface area contributed by atoms with Gasteiger partial charge in [0.25, 0.3) is 11.8 Å². The molecule has 0 spiro atoms. The lowest BCUT2D eigenvalue weighted by atomic mass is 10.2. The molecule has 32 heavy (non-hydrogen) atoms. The maximum atomic E-state index is 12.3. The topological polar surface area (TPSA) is 96.9 Å². The molecule has 7 nitrogen and oxygen atoms in total. The predicted octanol–water partition coefficient (Wildman–Crippen LogP) is 4.09. The number of amides is 2. The van der Waals surface area contributed by atoms with E-state index < -0.39 is 17.8 Å². The van der Waals surface area contributed by atoms with Crippen molar-refractivity contribution in [3.05, 3.63) is 99.5 Å². The fraction of sp³-hybridized carbons (Fsp3) is 0.0435. The SMILES string of the molecule is O=C(CNC(=O)c1ccc(Cl)cc1)N/N=C\c1ccccc1OC(=O)c1ccc(Cl)cc1. The predicted molar refractivity (Wildman–Crippen MR) is 122 cm³/mol. The van der Waals surface area contributed by atoms with Crippen LogP contribution in [0.5, 0.6) is 5.75 Å². The first kappa shape index (κ1) is 23.0. The third kappa shape index (κ3) is 6.66. The van der Waals surface area contributed by atoms with Crippen molar-refractivity contribution in [1.29, 1.82) is 0 Å². The summed E-state index contributed by atoms with van der Waals surface area (Å²) < 4.78 is 5.41. The third-order valence-corrected chi connectivity index (χ3v) is 4.61. The van der Waals surface area contributed by atoms with Crippen LogP contribution in [0.2, 0.25) is 10.0 Å². The molecule has 0 fully saturated rings.